The minimum Gasteiger partial charge on any atom is -0.264 e. The molecule has 0 unspecified atom stereocenters. The van der Waals surface area contributed by atoms with E-state index in [9.17, 15) is 8.42 Å². The predicted octanol–water partition coefficient (Wildman–Crippen LogP) is 6.06. The first-order valence-electron chi connectivity index (χ1n) is 9.68. The maximum absolute atomic E-state index is 10.3. The zero-order valence-corrected chi connectivity index (χ0v) is 19.5. The molecule has 4 nitrogen and oxygen atoms in total. The second kappa shape index (κ2) is 23.4. The molecule has 0 rings (SSSR count). The van der Waals surface area contributed by atoms with Gasteiger partial charge in [-0.3, -0.25) is 4.55 Å². The van der Waals surface area contributed by atoms with Gasteiger partial charge in [0.2, 0.25) is 0 Å². The SMILES string of the molecule is CCCCCCCCCCCCCCCCCCOS(=O)(=O)O.[Ag].[Ag]. The van der Waals surface area contributed by atoms with Crippen LogP contribution in [0.1, 0.15) is 110 Å². The van der Waals surface area contributed by atoms with Gasteiger partial charge in [0.05, 0.1) is 6.61 Å². The van der Waals surface area contributed by atoms with Gasteiger partial charge in [-0.15, -0.1) is 0 Å². The van der Waals surface area contributed by atoms with E-state index >= 15 is 0 Å². The van der Waals surface area contributed by atoms with E-state index in [1.165, 1.54) is 83.5 Å². The van der Waals surface area contributed by atoms with E-state index < -0.39 is 10.4 Å². The zero-order valence-electron chi connectivity index (χ0n) is 15.7. The Hall–Kier alpha value is 1.35. The van der Waals surface area contributed by atoms with Crippen molar-refractivity contribution in [2.24, 2.45) is 0 Å². The summed E-state index contributed by atoms with van der Waals surface area (Å²) >= 11 is 0. The van der Waals surface area contributed by atoms with Crippen molar-refractivity contribution in [3.8, 4) is 0 Å². The van der Waals surface area contributed by atoms with Gasteiger partial charge in [0.25, 0.3) is 0 Å². The summed E-state index contributed by atoms with van der Waals surface area (Å²) in [5, 5.41) is 0. The van der Waals surface area contributed by atoms with Crippen molar-refractivity contribution >= 4 is 10.4 Å². The molecule has 0 aromatic heterocycles. The summed E-state index contributed by atoms with van der Waals surface area (Å²) in [6.45, 7) is 2.36. The van der Waals surface area contributed by atoms with Gasteiger partial charge in [0.15, 0.2) is 0 Å². The molecule has 0 heterocycles. The second-order valence-corrected chi connectivity index (χ2v) is 7.64. The van der Waals surface area contributed by atoms with E-state index in [4.69, 9.17) is 4.55 Å². The Morgan fingerprint density at radius 2 is 0.880 bits per heavy atom. The van der Waals surface area contributed by atoms with Crippen LogP contribution in [0.2, 0.25) is 0 Å². The Morgan fingerprint density at radius 3 is 1.16 bits per heavy atom. The summed E-state index contributed by atoms with van der Waals surface area (Å²) in [4.78, 5) is 0. The molecule has 0 amide bonds. The Balaban J connectivity index is -0.00000242. The van der Waals surface area contributed by atoms with E-state index in [0.717, 1.165) is 12.8 Å². The quantitative estimate of drug-likeness (QED) is 0.125. The Kier molecular flexibility index (Phi) is 29.1. The Labute approximate surface area is 187 Å². The number of hydrogen-bond donors (Lipinski definition) is 1. The molecule has 0 aromatic rings. The zero-order chi connectivity index (χ0) is 17.2. The van der Waals surface area contributed by atoms with Crippen molar-refractivity contribution in [3.05, 3.63) is 0 Å². The van der Waals surface area contributed by atoms with Crippen LogP contribution in [0.4, 0.5) is 0 Å². The Morgan fingerprint density at radius 1 is 0.600 bits per heavy atom. The fourth-order valence-corrected chi connectivity index (χ4v) is 3.14. The third kappa shape index (κ3) is 30.3. The molecule has 0 aliphatic carbocycles. The van der Waals surface area contributed by atoms with Gasteiger partial charge >= 0.3 is 10.4 Å². The average Bonchev–Trinajstić information content (AvgIpc) is 2.49. The number of unbranched alkanes of at least 4 members (excludes halogenated alkanes) is 15. The van der Waals surface area contributed by atoms with Crippen LogP contribution in [0, 0.1) is 0 Å². The standard InChI is InChI=1S/C18H38O4S.2Ag/c1-2-3-4-5-6-7-8-9-10-11-12-13-14-15-16-17-18-22-23(19,20)21;;/h2-18H2,1H3,(H,19,20,21);;. The number of rotatable bonds is 18. The minimum atomic E-state index is -4.24. The number of hydrogen-bond acceptors (Lipinski definition) is 3. The summed E-state index contributed by atoms with van der Waals surface area (Å²) < 4.78 is 33.3. The first kappa shape index (κ1) is 31.1. The van der Waals surface area contributed by atoms with Gasteiger partial charge in [0, 0.05) is 44.8 Å². The van der Waals surface area contributed by atoms with E-state index in [1.54, 1.807) is 0 Å². The molecule has 0 atom stereocenters. The minimum absolute atomic E-state index is 0. The van der Waals surface area contributed by atoms with Crippen LogP contribution in [-0.2, 0) is 59.3 Å². The first-order valence-corrected chi connectivity index (χ1v) is 11.0. The van der Waals surface area contributed by atoms with Crippen LogP contribution in [0.3, 0.4) is 0 Å². The van der Waals surface area contributed by atoms with Crippen LogP contribution < -0.4 is 0 Å². The molecule has 0 saturated carbocycles. The van der Waals surface area contributed by atoms with Gasteiger partial charge in [-0.05, 0) is 6.42 Å². The third-order valence-electron chi connectivity index (χ3n) is 4.23. The Bertz CT molecular complexity index is 338. The predicted molar refractivity (Wildman–Crippen MR) is 97.0 cm³/mol. The van der Waals surface area contributed by atoms with Gasteiger partial charge in [-0.2, -0.15) is 8.42 Å². The van der Waals surface area contributed by atoms with Crippen molar-refractivity contribution < 1.29 is 61.9 Å². The van der Waals surface area contributed by atoms with E-state index in [0.29, 0.717) is 6.42 Å². The maximum atomic E-state index is 10.3. The fraction of sp³-hybridized carbons (Fsp3) is 1.00. The third-order valence-corrected chi connectivity index (χ3v) is 4.69. The summed E-state index contributed by atoms with van der Waals surface area (Å²) in [5.74, 6) is 0. The van der Waals surface area contributed by atoms with Crippen LogP contribution in [0.25, 0.3) is 0 Å². The normalized spacial score (nSPS) is 11.0. The molecular weight excluding hydrogens is 528 g/mol. The maximum Gasteiger partial charge on any atom is 0.397 e. The molecule has 1 N–H and O–H groups in total. The topological polar surface area (TPSA) is 63.6 Å². The summed E-state index contributed by atoms with van der Waals surface area (Å²) in [7, 11) is -4.24. The monoisotopic (exact) mass is 564 g/mol. The van der Waals surface area contributed by atoms with Crippen LogP contribution >= 0.6 is 0 Å². The van der Waals surface area contributed by atoms with Gasteiger partial charge < -0.3 is 0 Å². The summed E-state index contributed by atoms with van der Waals surface area (Å²) in [6.07, 6.45) is 20.5. The van der Waals surface area contributed by atoms with Crippen LogP contribution in [-0.4, -0.2) is 19.6 Å². The van der Waals surface area contributed by atoms with Crippen molar-refractivity contribution in [1.82, 2.24) is 0 Å². The smallest absolute Gasteiger partial charge is 0.264 e. The van der Waals surface area contributed by atoms with Gasteiger partial charge in [-0.25, -0.2) is 4.18 Å². The van der Waals surface area contributed by atoms with Crippen molar-refractivity contribution in [2.45, 2.75) is 110 Å². The molecule has 0 aromatic carbocycles. The first-order chi connectivity index (χ1) is 11.1. The van der Waals surface area contributed by atoms with Crippen molar-refractivity contribution in [2.75, 3.05) is 6.61 Å². The second-order valence-electron chi connectivity index (χ2n) is 6.55. The van der Waals surface area contributed by atoms with Crippen molar-refractivity contribution in [1.29, 1.82) is 0 Å². The van der Waals surface area contributed by atoms with Gasteiger partial charge in [-0.1, -0.05) is 103 Å². The molecule has 162 valence electrons. The van der Waals surface area contributed by atoms with Gasteiger partial charge in [0.1, 0.15) is 0 Å². The van der Waals surface area contributed by atoms with Crippen LogP contribution in [0.5, 0.6) is 0 Å². The average molecular weight is 566 g/mol. The van der Waals surface area contributed by atoms with E-state index in [-0.39, 0.29) is 51.4 Å². The molecular formula is C18H38Ag2O4S. The molecule has 7 heteroatoms. The molecule has 2 radical (unpaired) electrons. The van der Waals surface area contributed by atoms with E-state index in [2.05, 4.69) is 11.1 Å². The fourth-order valence-electron chi connectivity index (χ4n) is 2.81. The largest absolute Gasteiger partial charge is 0.397 e. The molecule has 0 spiro atoms. The molecule has 0 saturated heterocycles. The molecule has 25 heavy (non-hydrogen) atoms. The summed E-state index contributed by atoms with van der Waals surface area (Å²) in [6, 6.07) is 0. The van der Waals surface area contributed by atoms with Crippen LogP contribution in [0.15, 0.2) is 0 Å². The van der Waals surface area contributed by atoms with Crippen molar-refractivity contribution in [3.63, 3.8) is 0 Å². The van der Waals surface area contributed by atoms with E-state index in [1.807, 2.05) is 0 Å². The molecule has 0 aliphatic rings. The molecule has 0 fully saturated rings. The molecule has 0 aliphatic heterocycles. The summed E-state index contributed by atoms with van der Waals surface area (Å²) in [5.41, 5.74) is 0. The molecule has 0 bridgehead atoms.